The number of carbonyl (C=O) groups is 1. The number of nitrogens with one attached hydrogen (secondary N) is 1. The highest BCUT2D eigenvalue weighted by molar-refractivity contribution is 5.91. The standard InChI is InChI=1S/C10H16N6O/c1-10(2,6-12)7-13-9(17)8-5-16(4-3-11)15-14-8/h5H,3-4,7,11H2,1-2H3,(H,13,17). The monoisotopic (exact) mass is 236 g/mol. The first-order valence-electron chi connectivity index (χ1n) is 5.28. The predicted molar refractivity (Wildman–Crippen MR) is 60.8 cm³/mol. The smallest absolute Gasteiger partial charge is 0.273 e. The number of hydrogen-bond acceptors (Lipinski definition) is 5. The Morgan fingerprint density at radius 2 is 2.41 bits per heavy atom. The third kappa shape index (κ3) is 3.85. The van der Waals surface area contributed by atoms with Crippen LogP contribution in [0.3, 0.4) is 0 Å². The number of nitriles is 1. The maximum Gasteiger partial charge on any atom is 0.273 e. The highest BCUT2D eigenvalue weighted by atomic mass is 16.2. The van der Waals surface area contributed by atoms with Crippen LogP contribution >= 0.6 is 0 Å². The highest BCUT2D eigenvalue weighted by Crippen LogP contribution is 2.10. The van der Waals surface area contributed by atoms with Crippen LogP contribution in [0.1, 0.15) is 24.3 Å². The minimum atomic E-state index is -0.594. The van der Waals surface area contributed by atoms with E-state index in [2.05, 4.69) is 21.7 Å². The summed E-state index contributed by atoms with van der Waals surface area (Å²) in [5, 5.41) is 18.9. The molecule has 7 heteroatoms. The second kappa shape index (κ2) is 5.41. The fraction of sp³-hybridized carbons (Fsp3) is 0.600. The van der Waals surface area contributed by atoms with Crippen LogP contribution in [0.2, 0.25) is 0 Å². The molecule has 0 saturated carbocycles. The van der Waals surface area contributed by atoms with Gasteiger partial charge in [0.15, 0.2) is 5.69 Å². The molecule has 1 aromatic rings. The average molecular weight is 236 g/mol. The number of hydrogen-bond donors (Lipinski definition) is 2. The van der Waals surface area contributed by atoms with E-state index in [1.165, 1.54) is 10.9 Å². The van der Waals surface area contributed by atoms with E-state index in [0.29, 0.717) is 13.1 Å². The quantitative estimate of drug-likeness (QED) is 0.717. The first kappa shape index (κ1) is 13.1. The molecular weight excluding hydrogens is 220 g/mol. The minimum absolute atomic E-state index is 0.229. The summed E-state index contributed by atoms with van der Waals surface area (Å²) < 4.78 is 1.50. The van der Waals surface area contributed by atoms with Crippen molar-refractivity contribution in [1.82, 2.24) is 20.3 Å². The van der Waals surface area contributed by atoms with Crippen LogP contribution in [-0.2, 0) is 6.54 Å². The van der Waals surface area contributed by atoms with Gasteiger partial charge in [0.1, 0.15) is 0 Å². The minimum Gasteiger partial charge on any atom is -0.349 e. The topological polar surface area (TPSA) is 110 Å². The lowest BCUT2D eigenvalue weighted by Gasteiger charge is -2.14. The molecule has 1 amide bonds. The van der Waals surface area contributed by atoms with Gasteiger partial charge in [0.25, 0.3) is 5.91 Å². The Labute approximate surface area is 99.6 Å². The van der Waals surface area contributed by atoms with Crippen molar-refractivity contribution in [3.8, 4) is 6.07 Å². The Kier molecular flexibility index (Phi) is 4.17. The van der Waals surface area contributed by atoms with Crippen LogP contribution in [0.25, 0.3) is 0 Å². The molecule has 0 saturated heterocycles. The van der Waals surface area contributed by atoms with Gasteiger partial charge in [0.2, 0.25) is 0 Å². The first-order chi connectivity index (χ1) is 7.98. The zero-order valence-corrected chi connectivity index (χ0v) is 9.97. The molecule has 0 unspecified atom stereocenters. The molecule has 0 fully saturated rings. The second-order valence-corrected chi connectivity index (χ2v) is 4.33. The van der Waals surface area contributed by atoms with Crippen molar-refractivity contribution in [2.24, 2.45) is 11.1 Å². The van der Waals surface area contributed by atoms with Gasteiger partial charge in [-0.2, -0.15) is 5.26 Å². The van der Waals surface area contributed by atoms with Crippen molar-refractivity contribution in [3.63, 3.8) is 0 Å². The van der Waals surface area contributed by atoms with Crippen molar-refractivity contribution in [3.05, 3.63) is 11.9 Å². The predicted octanol–water partition coefficient (Wildman–Crippen LogP) is -0.484. The Morgan fingerprint density at radius 1 is 1.71 bits per heavy atom. The van der Waals surface area contributed by atoms with Gasteiger partial charge in [-0.25, -0.2) is 0 Å². The van der Waals surface area contributed by atoms with E-state index in [-0.39, 0.29) is 18.1 Å². The van der Waals surface area contributed by atoms with Crippen molar-refractivity contribution >= 4 is 5.91 Å². The molecular formula is C10H16N6O. The van der Waals surface area contributed by atoms with Crippen molar-refractivity contribution in [2.45, 2.75) is 20.4 Å². The molecule has 0 radical (unpaired) electrons. The summed E-state index contributed by atoms with van der Waals surface area (Å²) in [6, 6.07) is 2.10. The largest absolute Gasteiger partial charge is 0.349 e. The van der Waals surface area contributed by atoms with E-state index in [0.717, 1.165) is 0 Å². The molecule has 0 aromatic carbocycles. The molecule has 0 spiro atoms. The van der Waals surface area contributed by atoms with Crippen molar-refractivity contribution < 1.29 is 4.79 Å². The SMILES string of the molecule is CC(C)(C#N)CNC(=O)c1cn(CCN)nn1. The van der Waals surface area contributed by atoms with Crippen molar-refractivity contribution in [1.29, 1.82) is 5.26 Å². The van der Waals surface area contributed by atoms with Gasteiger partial charge in [-0.1, -0.05) is 5.21 Å². The molecule has 7 nitrogen and oxygen atoms in total. The fourth-order valence-electron chi connectivity index (χ4n) is 1.08. The van der Waals surface area contributed by atoms with Crippen molar-refractivity contribution in [2.75, 3.05) is 13.1 Å². The summed E-state index contributed by atoms with van der Waals surface area (Å²) >= 11 is 0. The van der Waals surface area contributed by atoms with Gasteiger partial charge < -0.3 is 11.1 Å². The summed E-state index contributed by atoms with van der Waals surface area (Å²) in [6.45, 7) is 4.72. The third-order valence-corrected chi connectivity index (χ3v) is 2.12. The molecule has 0 atom stereocenters. The number of rotatable bonds is 5. The van der Waals surface area contributed by atoms with Crippen LogP contribution in [-0.4, -0.2) is 34.0 Å². The van der Waals surface area contributed by atoms with Crippen LogP contribution in [0, 0.1) is 16.7 Å². The maximum absolute atomic E-state index is 11.7. The van der Waals surface area contributed by atoms with Crippen LogP contribution in [0.4, 0.5) is 0 Å². The van der Waals surface area contributed by atoms with Crippen LogP contribution in [0.5, 0.6) is 0 Å². The molecule has 3 N–H and O–H groups in total. The molecule has 0 aliphatic heterocycles. The number of aromatic nitrogens is 3. The number of nitrogens with zero attached hydrogens (tertiary/aromatic N) is 4. The van der Waals surface area contributed by atoms with Gasteiger partial charge in [0, 0.05) is 13.1 Å². The number of amides is 1. The normalized spacial score (nSPS) is 10.9. The lowest BCUT2D eigenvalue weighted by molar-refractivity contribution is 0.0938. The summed E-state index contributed by atoms with van der Waals surface area (Å²) in [7, 11) is 0. The molecule has 92 valence electrons. The maximum atomic E-state index is 11.7. The Morgan fingerprint density at radius 3 is 3.00 bits per heavy atom. The molecule has 1 aromatic heterocycles. The highest BCUT2D eigenvalue weighted by Gasteiger charge is 2.19. The Bertz CT molecular complexity index is 430. The molecule has 0 bridgehead atoms. The summed E-state index contributed by atoms with van der Waals surface area (Å²) in [4.78, 5) is 11.7. The number of carbonyl (C=O) groups excluding carboxylic acids is 1. The summed E-state index contributed by atoms with van der Waals surface area (Å²) in [5.74, 6) is -0.336. The Balaban J connectivity index is 2.56. The average Bonchev–Trinajstić information content (AvgIpc) is 2.75. The second-order valence-electron chi connectivity index (χ2n) is 4.33. The lowest BCUT2D eigenvalue weighted by Crippen LogP contribution is -2.33. The Hall–Kier alpha value is -1.94. The first-order valence-corrected chi connectivity index (χ1v) is 5.28. The third-order valence-electron chi connectivity index (χ3n) is 2.12. The zero-order valence-electron chi connectivity index (χ0n) is 9.97. The van der Waals surface area contributed by atoms with Gasteiger partial charge in [-0.05, 0) is 13.8 Å². The molecule has 1 rings (SSSR count). The summed E-state index contributed by atoms with van der Waals surface area (Å²) in [5.41, 5.74) is 4.99. The van der Waals surface area contributed by atoms with E-state index in [1.807, 2.05) is 0 Å². The van der Waals surface area contributed by atoms with Crippen LogP contribution < -0.4 is 11.1 Å². The number of nitrogens with two attached hydrogens (primary N) is 1. The van der Waals surface area contributed by atoms with E-state index < -0.39 is 5.41 Å². The van der Waals surface area contributed by atoms with E-state index in [1.54, 1.807) is 13.8 Å². The van der Waals surface area contributed by atoms with Gasteiger partial charge in [-0.15, -0.1) is 5.10 Å². The van der Waals surface area contributed by atoms with E-state index in [4.69, 9.17) is 11.0 Å². The van der Waals surface area contributed by atoms with E-state index >= 15 is 0 Å². The summed E-state index contributed by atoms with van der Waals surface area (Å²) in [6.07, 6.45) is 1.53. The van der Waals surface area contributed by atoms with Crippen LogP contribution in [0.15, 0.2) is 6.20 Å². The molecule has 1 heterocycles. The molecule has 0 aliphatic carbocycles. The lowest BCUT2D eigenvalue weighted by atomic mass is 9.96. The van der Waals surface area contributed by atoms with Gasteiger partial charge in [-0.3, -0.25) is 9.48 Å². The van der Waals surface area contributed by atoms with Gasteiger partial charge in [0.05, 0.1) is 24.2 Å². The fourth-order valence-corrected chi connectivity index (χ4v) is 1.08. The van der Waals surface area contributed by atoms with Gasteiger partial charge >= 0.3 is 0 Å². The molecule has 0 aliphatic rings. The molecule has 17 heavy (non-hydrogen) atoms. The zero-order chi connectivity index (χ0) is 12.9. The van der Waals surface area contributed by atoms with E-state index in [9.17, 15) is 4.79 Å².